The zero-order chi connectivity index (χ0) is 11.4. The Labute approximate surface area is 101 Å². The van der Waals surface area contributed by atoms with Crippen LogP contribution >= 0.6 is 11.8 Å². The highest BCUT2D eigenvalue weighted by Crippen LogP contribution is 2.25. The molecule has 1 saturated heterocycles. The van der Waals surface area contributed by atoms with Gasteiger partial charge in [-0.15, -0.1) is 0 Å². The van der Waals surface area contributed by atoms with E-state index < -0.39 is 0 Å². The second-order valence-corrected chi connectivity index (χ2v) is 5.20. The quantitative estimate of drug-likeness (QED) is 0.598. The first kappa shape index (κ1) is 11.9. The Morgan fingerprint density at radius 2 is 2.56 bits per heavy atom. The average molecular weight is 238 g/mol. The molecule has 5 heteroatoms. The van der Waals surface area contributed by atoms with E-state index in [0.29, 0.717) is 6.04 Å². The van der Waals surface area contributed by atoms with Crippen LogP contribution < -0.4 is 11.3 Å². The Morgan fingerprint density at radius 3 is 3.19 bits per heavy atom. The number of thioether (sulfide) groups is 1. The van der Waals surface area contributed by atoms with Gasteiger partial charge in [0.2, 0.25) is 0 Å². The third-order valence-corrected chi connectivity index (χ3v) is 4.10. The average Bonchev–Trinajstić information content (AvgIpc) is 2.34. The molecule has 0 saturated carbocycles. The van der Waals surface area contributed by atoms with Crippen molar-refractivity contribution in [2.24, 2.45) is 5.84 Å². The van der Waals surface area contributed by atoms with Crippen molar-refractivity contribution in [1.29, 1.82) is 0 Å². The van der Waals surface area contributed by atoms with E-state index >= 15 is 0 Å². The molecule has 0 spiro atoms. The molecule has 0 radical (unpaired) electrons. The van der Waals surface area contributed by atoms with E-state index in [2.05, 4.69) is 28.4 Å². The topological polar surface area (TPSA) is 54.2 Å². The highest BCUT2D eigenvalue weighted by atomic mass is 32.2. The van der Waals surface area contributed by atoms with Crippen molar-refractivity contribution in [2.45, 2.75) is 12.1 Å². The van der Waals surface area contributed by atoms with Gasteiger partial charge in [0, 0.05) is 36.5 Å². The Balaban J connectivity index is 2.15. The minimum absolute atomic E-state index is 0.159. The molecule has 0 aliphatic carbocycles. The predicted octanol–water partition coefficient (Wildman–Crippen LogP) is 0.633. The van der Waals surface area contributed by atoms with Gasteiger partial charge in [-0.05, 0) is 18.7 Å². The third kappa shape index (κ3) is 2.55. The SMILES string of the molecule is CN1CCSCC1C(NN)c1cccnc1. The van der Waals surface area contributed by atoms with E-state index in [1.807, 2.05) is 24.0 Å². The lowest BCUT2D eigenvalue weighted by Crippen LogP contribution is -2.49. The molecule has 0 aromatic carbocycles. The summed E-state index contributed by atoms with van der Waals surface area (Å²) in [6.07, 6.45) is 3.67. The van der Waals surface area contributed by atoms with Gasteiger partial charge in [0.25, 0.3) is 0 Å². The van der Waals surface area contributed by atoms with Gasteiger partial charge < -0.3 is 0 Å². The number of pyridine rings is 1. The van der Waals surface area contributed by atoms with Crippen molar-refractivity contribution in [2.75, 3.05) is 25.1 Å². The highest BCUT2D eigenvalue weighted by molar-refractivity contribution is 7.99. The predicted molar refractivity (Wildman–Crippen MR) is 68.0 cm³/mol. The molecule has 88 valence electrons. The summed E-state index contributed by atoms with van der Waals surface area (Å²) >= 11 is 1.99. The molecule has 1 fully saturated rings. The van der Waals surface area contributed by atoms with Crippen LogP contribution in [0.5, 0.6) is 0 Å². The number of nitrogens with two attached hydrogens (primary N) is 1. The van der Waals surface area contributed by atoms with Crippen LogP contribution in [0, 0.1) is 0 Å². The number of hydrogen-bond donors (Lipinski definition) is 2. The normalized spacial score (nSPS) is 24.2. The first-order chi connectivity index (χ1) is 7.83. The number of hydrogen-bond acceptors (Lipinski definition) is 5. The van der Waals surface area contributed by atoms with Crippen molar-refractivity contribution < 1.29 is 0 Å². The van der Waals surface area contributed by atoms with E-state index in [0.717, 1.165) is 17.9 Å². The minimum atomic E-state index is 0.159. The minimum Gasteiger partial charge on any atom is -0.300 e. The maximum atomic E-state index is 5.68. The maximum Gasteiger partial charge on any atom is 0.0638 e. The second-order valence-electron chi connectivity index (χ2n) is 4.05. The van der Waals surface area contributed by atoms with E-state index in [1.54, 1.807) is 6.20 Å². The number of likely N-dealkylation sites (N-methyl/N-ethyl adjacent to an activating group) is 1. The molecule has 2 heterocycles. The van der Waals surface area contributed by atoms with Gasteiger partial charge in [0.05, 0.1) is 6.04 Å². The van der Waals surface area contributed by atoms with Gasteiger partial charge in [-0.25, -0.2) is 0 Å². The summed E-state index contributed by atoms with van der Waals surface area (Å²) in [6.45, 7) is 1.12. The zero-order valence-corrected chi connectivity index (χ0v) is 10.3. The largest absolute Gasteiger partial charge is 0.300 e. The molecule has 1 aliphatic rings. The first-order valence-corrected chi connectivity index (χ1v) is 6.62. The molecular formula is C11H18N4S. The Morgan fingerprint density at radius 1 is 1.69 bits per heavy atom. The van der Waals surface area contributed by atoms with E-state index in [1.165, 1.54) is 5.75 Å². The lowest BCUT2D eigenvalue weighted by Gasteiger charge is -2.37. The highest BCUT2D eigenvalue weighted by Gasteiger charge is 2.28. The van der Waals surface area contributed by atoms with Crippen LogP contribution in [-0.2, 0) is 0 Å². The first-order valence-electron chi connectivity index (χ1n) is 5.47. The molecule has 2 rings (SSSR count). The smallest absolute Gasteiger partial charge is 0.0638 e. The molecule has 0 amide bonds. The molecule has 1 aromatic rings. The Kier molecular flexibility index (Phi) is 4.17. The maximum absolute atomic E-state index is 5.68. The van der Waals surface area contributed by atoms with E-state index in [9.17, 15) is 0 Å². The van der Waals surface area contributed by atoms with Crippen LogP contribution in [0.1, 0.15) is 11.6 Å². The van der Waals surface area contributed by atoms with Gasteiger partial charge >= 0.3 is 0 Å². The molecule has 1 aromatic heterocycles. The molecule has 1 aliphatic heterocycles. The summed E-state index contributed by atoms with van der Waals surface area (Å²) in [5, 5.41) is 0. The van der Waals surface area contributed by atoms with Gasteiger partial charge in [-0.1, -0.05) is 6.07 Å². The lowest BCUT2D eigenvalue weighted by molar-refractivity contribution is 0.216. The van der Waals surface area contributed by atoms with Crippen LogP contribution in [-0.4, -0.2) is 41.0 Å². The van der Waals surface area contributed by atoms with Crippen LogP contribution in [0.2, 0.25) is 0 Å². The fourth-order valence-corrected chi connectivity index (χ4v) is 3.32. The molecule has 4 nitrogen and oxygen atoms in total. The summed E-state index contributed by atoms with van der Waals surface area (Å²) in [5.74, 6) is 8.00. The van der Waals surface area contributed by atoms with Crippen LogP contribution in [0.25, 0.3) is 0 Å². The van der Waals surface area contributed by atoms with E-state index in [4.69, 9.17) is 5.84 Å². The fourth-order valence-electron chi connectivity index (χ4n) is 2.05. The number of rotatable bonds is 3. The monoisotopic (exact) mass is 238 g/mol. The van der Waals surface area contributed by atoms with Gasteiger partial charge in [-0.3, -0.25) is 21.2 Å². The van der Waals surface area contributed by atoms with Gasteiger partial charge in [0.1, 0.15) is 0 Å². The van der Waals surface area contributed by atoms with Crippen LogP contribution in [0.15, 0.2) is 24.5 Å². The van der Waals surface area contributed by atoms with Crippen LogP contribution in [0.4, 0.5) is 0 Å². The molecule has 2 unspecified atom stereocenters. The summed E-state index contributed by atoms with van der Waals surface area (Å²) in [6, 6.07) is 4.62. The number of nitrogens with one attached hydrogen (secondary N) is 1. The Bertz CT molecular complexity index is 319. The molecule has 3 N–H and O–H groups in total. The molecule has 0 bridgehead atoms. The summed E-state index contributed by atoms with van der Waals surface area (Å²) in [7, 11) is 2.16. The van der Waals surface area contributed by atoms with Crippen molar-refractivity contribution in [3.63, 3.8) is 0 Å². The van der Waals surface area contributed by atoms with Crippen molar-refractivity contribution in [1.82, 2.24) is 15.3 Å². The number of hydrazine groups is 1. The number of nitrogens with zero attached hydrogens (tertiary/aromatic N) is 2. The van der Waals surface area contributed by atoms with E-state index in [-0.39, 0.29) is 6.04 Å². The van der Waals surface area contributed by atoms with Crippen LogP contribution in [0.3, 0.4) is 0 Å². The summed E-state index contributed by atoms with van der Waals surface area (Å²) in [5.41, 5.74) is 4.08. The summed E-state index contributed by atoms with van der Waals surface area (Å²) < 4.78 is 0. The van der Waals surface area contributed by atoms with Gasteiger partial charge in [-0.2, -0.15) is 11.8 Å². The van der Waals surface area contributed by atoms with Crippen molar-refractivity contribution >= 4 is 11.8 Å². The lowest BCUT2D eigenvalue weighted by atomic mass is 10.0. The summed E-state index contributed by atoms with van der Waals surface area (Å²) in [4.78, 5) is 6.52. The molecule has 2 atom stereocenters. The zero-order valence-electron chi connectivity index (χ0n) is 9.47. The van der Waals surface area contributed by atoms with Gasteiger partial charge in [0.15, 0.2) is 0 Å². The molecule has 16 heavy (non-hydrogen) atoms. The fraction of sp³-hybridized carbons (Fsp3) is 0.545. The van der Waals surface area contributed by atoms with Crippen molar-refractivity contribution in [3.05, 3.63) is 30.1 Å². The third-order valence-electron chi connectivity index (χ3n) is 3.05. The van der Waals surface area contributed by atoms with Crippen molar-refractivity contribution in [3.8, 4) is 0 Å². The Hall–Kier alpha value is -0.620. The second kappa shape index (κ2) is 5.63. The molecular weight excluding hydrogens is 220 g/mol. The standard InChI is InChI=1S/C11H18N4S/c1-15-5-6-16-8-10(15)11(14-12)9-3-2-4-13-7-9/h2-4,7,10-11,14H,5-6,8,12H2,1H3. The number of aromatic nitrogens is 1.